The van der Waals surface area contributed by atoms with Crippen LogP contribution >= 0.6 is 11.3 Å². The zero-order valence-corrected chi connectivity index (χ0v) is 18.4. The topological polar surface area (TPSA) is 81.8 Å². The van der Waals surface area contributed by atoms with E-state index < -0.39 is 11.6 Å². The molecule has 7 nitrogen and oxygen atoms in total. The Morgan fingerprint density at radius 3 is 2.55 bits per heavy atom. The smallest absolute Gasteiger partial charge is 0.325 e. The number of urea groups is 1. The van der Waals surface area contributed by atoms with E-state index in [2.05, 4.69) is 33.9 Å². The minimum atomic E-state index is -0.874. The number of carbonyl (C=O) groups is 3. The molecule has 3 rings (SSSR count). The Balaban J connectivity index is 1.60. The van der Waals surface area contributed by atoms with Crippen molar-refractivity contribution in [3.05, 3.63) is 22.4 Å². The molecule has 8 heteroatoms. The monoisotopic (exact) mass is 420 g/mol. The number of imide groups is 1. The molecule has 1 aromatic rings. The lowest BCUT2D eigenvalue weighted by molar-refractivity contribution is -0.135. The summed E-state index contributed by atoms with van der Waals surface area (Å²) in [6.07, 6.45) is 3.35. The van der Waals surface area contributed by atoms with Crippen molar-refractivity contribution in [1.82, 2.24) is 20.4 Å². The van der Waals surface area contributed by atoms with Crippen LogP contribution in [0.25, 0.3) is 0 Å². The van der Waals surface area contributed by atoms with Crippen LogP contribution in [0.3, 0.4) is 0 Å². The van der Waals surface area contributed by atoms with Crippen molar-refractivity contribution in [2.45, 2.75) is 58.0 Å². The number of amides is 4. The maximum absolute atomic E-state index is 12.7. The molecule has 2 aliphatic rings. The second-order valence-electron chi connectivity index (χ2n) is 8.16. The minimum Gasteiger partial charge on any atom is -0.353 e. The van der Waals surface area contributed by atoms with Crippen LogP contribution in [0, 0.1) is 5.92 Å². The van der Waals surface area contributed by atoms with E-state index in [-0.39, 0.29) is 24.4 Å². The fraction of sp³-hybridized carbons (Fsp3) is 0.667. The van der Waals surface area contributed by atoms with Gasteiger partial charge in [-0.15, -0.1) is 11.3 Å². The van der Waals surface area contributed by atoms with Gasteiger partial charge in [-0.05, 0) is 56.1 Å². The summed E-state index contributed by atoms with van der Waals surface area (Å²) >= 11 is 1.69. The molecule has 0 aromatic carbocycles. The largest absolute Gasteiger partial charge is 0.353 e. The van der Waals surface area contributed by atoms with Gasteiger partial charge in [-0.1, -0.05) is 26.8 Å². The lowest BCUT2D eigenvalue weighted by atomic mass is 9.93. The number of nitrogens with zero attached hydrogens (tertiary/aromatic N) is 2. The molecule has 3 heterocycles. The molecule has 0 saturated carbocycles. The SMILES string of the molecule is CCC1(CC)NC(=O)N(CC(=O)NCC(c2cccs2)N2CCC(C)CC2)C1=O. The average Bonchev–Trinajstić information content (AvgIpc) is 3.32. The van der Waals surface area contributed by atoms with Crippen molar-refractivity contribution in [3.8, 4) is 0 Å². The molecule has 2 N–H and O–H groups in total. The molecule has 1 aromatic heterocycles. The van der Waals surface area contributed by atoms with E-state index in [0.29, 0.717) is 19.4 Å². The van der Waals surface area contributed by atoms with Crippen LogP contribution in [0.2, 0.25) is 0 Å². The van der Waals surface area contributed by atoms with Gasteiger partial charge in [0.15, 0.2) is 0 Å². The zero-order chi connectivity index (χ0) is 21.0. The summed E-state index contributed by atoms with van der Waals surface area (Å²) in [5.74, 6) is 0.132. The van der Waals surface area contributed by atoms with E-state index in [1.807, 2.05) is 19.9 Å². The Kier molecular flexibility index (Phi) is 6.95. The van der Waals surface area contributed by atoms with Crippen LogP contribution in [0.1, 0.15) is 57.4 Å². The first-order valence-corrected chi connectivity index (χ1v) is 11.5. The Morgan fingerprint density at radius 1 is 1.31 bits per heavy atom. The van der Waals surface area contributed by atoms with E-state index in [0.717, 1.165) is 36.7 Å². The van der Waals surface area contributed by atoms with Crippen LogP contribution in [0.15, 0.2) is 17.5 Å². The summed E-state index contributed by atoms with van der Waals surface area (Å²) in [7, 11) is 0. The molecule has 0 spiro atoms. The summed E-state index contributed by atoms with van der Waals surface area (Å²) in [4.78, 5) is 42.2. The van der Waals surface area contributed by atoms with Gasteiger partial charge in [-0.25, -0.2) is 4.79 Å². The third kappa shape index (κ3) is 4.64. The first-order valence-electron chi connectivity index (χ1n) is 10.6. The molecule has 160 valence electrons. The number of hydrogen-bond donors (Lipinski definition) is 2. The second kappa shape index (κ2) is 9.26. The highest BCUT2D eigenvalue weighted by Crippen LogP contribution is 2.29. The highest BCUT2D eigenvalue weighted by Gasteiger charge is 2.49. The molecule has 29 heavy (non-hydrogen) atoms. The van der Waals surface area contributed by atoms with Gasteiger partial charge in [0.1, 0.15) is 12.1 Å². The quantitative estimate of drug-likeness (QED) is 0.634. The minimum absolute atomic E-state index is 0.125. The summed E-state index contributed by atoms with van der Waals surface area (Å²) < 4.78 is 0. The van der Waals surface area contributed by atoms with Crippen LogP contribution in [-0.2, 0) is 9.59 Å². The van der Waals surface area contributed by atoms with Crippen LogP contribution in [0.4, 0.5) is 4.79 Å². The van der Waals surface area contributed by atoms with Crippen molar-refractivity contribution >= 4 is 29.2 Å². The molecule has 1 unspecified atom stereocenters. The van der Waals surface area contributed by atoms with Gasteiger partial charge in [0.05, 0.1) is 6.04 Å². The molecule has 0 bridgehead atoms. The Hall–Kier alpha value is -1.93. The summed E-state index contributed by atoms with van der Waals surface area (Å²) in [5.41, 5.74) is -0.874. The third-order valence-corrected chi connectivity index (χ3v) is 7.35. The van der Waals surface area contributed by atoms with Gasteiger partial charge in [0.2, 0.25) is 5.91 Å². The number of rotatable bonds is 8. The van der Waals surface area contributed by atoms with Crippen LogP contribution < -0.4 is 10.6 Å². The molecule has 1 atom stereocenters. The normalized spacial score (nSPS) is 21.3. The van der Waals surface area contributed by atoms with Crippen molar-refractivity contribution in [1.29, 1.82) is 0 Å². The van der Waals surface area contributed by atoms with Crippen molar-refractivity contribution in [3.63, 3.8) is 0 Å². The van der Waals surface area contributed by atoms with Gasteiger partial charge >= 0.3 is 6.03 Å². The van der Waals surface area contributed by atoms with E-state index in [1.54, 1.807) is 11.3 Å². The van der Waals surface area contributed by atoms with Gasteiger partial charge in [0.25, 0.3) is 5.91 Å². The van der Waals surface area contributed by atoms with E-state index in [4.69, 9.17) is 0 Å². The van der Waals surface area contributed by atoms with E-state index in [9.17, 15) is 14.4 Å². The Bertz CT molecular complexity index is 724. The number of hydrogen-bond acceptors (Lipinski definition) is 5. The summed E-state index contributed by atoms with van der Waals surface area (Å²) in [5, 5.41) is 7.78. The number of thiophene rings is 1. The fourth-order valence-electron chi connectivity index (χ4n) is 4.19. The molecule has 2 saturated heterocycles. The molecular weight excluding hydrogens is 388 g/mol. The third-order valence-electron chi connectivity index (χ3n) is 6.38. The number of piperidine rings is 1. The molecule has 2 aliphatic heterocycles. The van der Waals surface area contributed by atoms with Crippen molar-refractivity contribution in [2.24, 2.45) is 5.92 Å². The van der Waals surface area contributed by atoms with Gasteiger partial charge in [-0.3, -0.25) is 19.4 Å². The van der Waals surface area contributed by atoms with Gasteiger partial charge in [0, 0.05) is 11.4 Å². The van der Waals surface area contributed by atoms with Crippen LogP contribution in [-0.4, -0.2) is 59.4 Å². The van der Waals surface area contributed by atoms with E-state index >= 15 is 0 Å². The van der Waals surface area contributed by atoms with Crippen molar-refractivity contribution in [2.75, 3.05) is 26.2 Å². The number of likely N-dealkylation sites (tertiary alicyclic amines) is 1. The lowest BCUT2D eigenvalue weighted by Gasteiger charge is -2.36. The molecule has 2 fully saturated rings. The van der Waals surface area contributed by atoms with Gasteiger partial charge < -0.3 is 10.6 Å². The highest BCUT2D eigenvalue weighted by molar-refractivity contribution is 7.10. The molecular formula is C21H32N4O3S. The number of nitrogens with one attached hydrogen (secondary N) is 2. The maximum Gasteiger partial charge on any atom is 0.325 e. The average molecular weight is 421 g/mol. The first-order chi connectivity index (χ1) is 13.9. The van der Waals surface area contributed by atoms with Gasteiger partial charge in [-0.2, -0.15) is 0 Å². The zero-order valence-electron chi connectivity index (χ0n) is 17.6. The first kappa shape index (κ1) is 21.8. The Labute approximate surface area is 176 Å². The predicted octanol–water partition coefficient (Wildman–Crippen LogP) is 2.75. The molecule has 0 aliphatic carbocycles. The molecule has 4 amide bonds. The molecule has 0 radical (unpaired) electrons. The lowest BCUT2D eigenvalue weighted by Crippen LogP contribution is -2.47. The van der Waals surface area contributed by atoms with Crippen LogP contribution in [0.5, 0.6) is 0 Å². The Morgan fingerprint density at radius 2 is 2.00 bits per heavy atom. The summed E-state index contributed by atoms with van der Waals surface area (Å²) in [6, 6.07) is 3.78. The summed E-state index contributed by atoms with van der Waals surface area (Å²) in [6.45, 7) is 8.30. The predicted molar refractivity (Wildman–Crippen MR) is 114 cm³/mol. The second-order valence-corrected chi connectivity index (χ2v) is 9.14. The standard InChI is InChI=1S/C21H32N4O3S/c1-4-21(5-2)19(27)25(20(28)23-21)14-18(26)22-13-16(17-7-6-12-29-17)24-10-8-15(3)9-11-24/h6-7,12,15-16H,4-5,8-11,13-14H2,1-3H3,(H,22,26)(H,23,28). The maximum atomic E-state index is 12.7. The fourth-order valence-corrected chi connectivity index (χ4v) is 5.05. The van der Waals surface area contributed by atoms with Crippen molar-refractivity contribution < 1.29 is 14.4 Å². The van der Waals surface area contributed by atoms with E-state index in [1.165, 1.54) is 4.88 Å². The highest BCUT2D eigenvalue weighted by atomic mass is 32.1. The number of carbonyl (C=O) groups excluding carboxylic acids is 3.